The van der Waals surface area contributed by atoms with E-state index in [1.165, 1.54) is 5.57 Å². The lowest BCUT2D eigenvalue weighted by atomic mass is 9.55. The summed E-state index contributed by atoms with van der Waals surface area (Å²) in [6.45, 7) is 9.29. The van der Waals surface area contributed by atoms with E-state index in [1.807, 2.05) is 61.3 Å². The molecule has 39 heavy (non-hydrogen) atoms. The highest BCUT2D eigenvalue weighted by atomic mass is 16.6. The SMILES string of the molecule is CCN(CC)C(=O)c1ccc(C2=CC3(CCN(C(=O)OCc4ccccc4)CC3)CC3(C)C=CC=CC23)cn1. The number of ether oxygens (including phenoxy) is 1. The molecule has 1 fully saturated rings. The quantitative estimate of drug-likeness (QED) is 0.431. The fourth-order valence-electron chi connectivity index (χ4n) is 6.52. The van der Waals surface area contributed by atoms with Crippen LogP contribution in [-0.2, 0) is 11.3 Å². The van der Waals surface area contributed by atoms with Crippen LogP contribution in [0, 0.1) is 16.7 Å². The zero-order chi connectivity index (χ0) is 27.5. The van der Waals surface area contributed by atoms with E-state index in [4.69, 9.17) is 4.74 Å². The summed E-state index contributed by atoms with van der Waals surface area (Å²) in [6, 6.07) is 13.7. The van der Waals surface area contributed by atoms with Crippen LogP contribution in [0.15, 0.2) is 79.0 Å². The van der Waals surface area contributed by atoms with Gasteiger partial charge in [0.25, 0.3) is 5.91 Å². The van der Waals surface area contributed by atoms with Crippen LogP contribution >= 0.6 is 0 Å². The number of hydrogen-bond donors (Lipinski definition) is 0. The van der Waals surface area contributed by atoms with Crippen LogP contribution in [0.1, 0.15) is 61.6 Å². The number of pyridine rings is 1. The van der Waals surface area contributed by atoms with Crippen molar-refractivity contribution in [1.29, 1.82) is 0 Å². The fourth-order valence-corrected chi connectivity index (χ4v) is 6.52. The van der Waals surface area contributed by atoms with E-state index in [9.17, 15) is 9.59 Å². The molecular formula is C33H39N3O3. The number of carbonyl (C=O) groups is 2. The van der Waals surface area contributed by atoms with Crippen LogP contribution in [-0.4, -0.2) is 53.0 Å². The van der Waals surface area contributed by atoms with Gasteiger partial charge in [-0.2, -0.15) is 0 Å². The second kappa shape index (κ2) is 11.2. The van der Waals surface area contributed by atoms with Crippen molar-refractivity contribution in [2.24, 2.45) is 16.7 Å². The molecule has 1 aromatic carbocycles. The smallest absolute Gasteiger partial charge is 0.410 e. The van der Waals surface area contributed by atoms with Gasteiger partial charge in [-0.3, -0.25) is 9.78 Å². The lowest BCUT2D eigenvalue weighted by molar-refractivity contribution is 0.0577. The van der Waals surface area contributed by atoms with Crippen molar-refractivity contribution in [1.82, 2.24) is 14.8 Å². The normalized spacial score (nSPS) is 23.2. The molecule has 2 unspecified atom stereocenters. The number of carbonyl (C=O) groups excluding carboxylic acids is 2. The Kier molecular flexibility index (Phi) is 7.74. The third kappa shape index (κ3) is 5.56. The van der Waals surface area contributed by atoms with Gasteiger partial charge < -0.3 is 14.5 Å². The monoisotopic (exact) mass is 525 g/mol. The van der Waals surface area contributed by atoms with Gasteiger partial charge in [-0.1, -0.05) is 73.7 Å². The Hall–Kier alpha value is -3.67. The molecule has 2 heterocycles. The first-order chi connectivity index (χ1) is 18.9. The summed E-state index contributed by atoms with van der Waals surface area (Å²) < 4.78 is 5.61. The molecular weight excluding hydrogens is 486 g/mol. The molecule has 1 aliphatic heterocycles. The number of allylic oxidation sites excluding steroid dienone is 6. The molecule has 204 valence electrons. The van der Waals surface area contributed by atoms with Crippen molar-refractivity contribution in [3.63, 3.8) is 0 Å². The Bertz CT molecular complexity index is 1270. The summed E-state index contributed by atoms with van der Waals surface area (Å²) >= 11 is 0. The number of nitrogens with zero attached hydrogens (tertiary/aromatic N) is 3. The first-order valence-electron chi connectivity index (χ1n) is 14.2. The summed E-state index contributed by atoms with van der Waals surface area (Å²) in [5.74, 6) is 0.214. The van der Waals surface area contributed by atoms with Gasteiger partial charge in [0.05, 0.1) is 0 Å². The van der Waals surface area contributed by atoms with E-state index in [0.717, 1.165) is 30.4 Å². The Morgan fingerprint density at radius 3 is 2.46 bits per heavy atom. The Balaban J connectivity index is 1.35. The van der Waals surface area contributed by atoms with Crippen LogP contribution in [0.4, 0.5) is 4.79 Å². The van der Waals surface area contributed by atoms with E-state index >= 15 is 0 Å². The molecule has 6 nitrogen and oxygen atoms in total. The lowest BCUT2D eigenvalue weighted by Gasteiger charge is -2.51. The highest BCUT2D eigenvalue weighted by Crippen LogP contribution is 2.57. The molecule has 2 amide bonds. The van der Waals surface area contributed by atoms with Gasteiger partial charge in [-0.15, -0.1) is 0 Å². The van der Waals surface area contributed by atoms with Gasteiger partial charge in [0.15, 0.2) is 0 Å². The standard InChI is InChI=1S/C33H39N3O3/c1-4-35(5-2)30(37)29-15-14-26(22-34-29)27-21-33(24-32(3)16-10-9-13-28(27)32)17-19-36(20-18-33)31(38)39-23-25-11-7-6-8-12-25/h6-16,21-22,28H,4-5,17-20,23-24H2,1-3H3. The molecule has 1 spiro atoms. The van der Waals surface area contributed by atoms with Crippen molar-refractivity contribution in [3.8, 4) is 0 Å². The van der Waals surface area contributed by atoms with Gasteiger partial charge in [0.1, 0.15) is 12.3 Å². The summed E-state index contributed by atoms with van der Waals surface area (Å²) in [4.78, 5) is 33.9. The highest BCUT2D eigenvalue weighted by molar-refractivity contribution is 5.92. The maximum atomic E-state index is 12.8. The topological polar surface area (TPSA) is 62.7 Å². The maximum Gasteiger partial charge on any atom is 0.410 e. The fraction of sp³-hybridized carbons (Fsp3) is 0.424. The predicted molar refractivity (Wildman–Crippen MR) is 154 cm³/mol. The first kappa shape index (κ1) is 26.9. The molecule has 0 saturated carbocycles. The summed E-state index contributed by atoms with van der Waals surface area (Å²) in [5, 5.41) is 0. The van der Waals surface area contributed by atoms with Crippen molar-refractivity contribution in [3.05, 3.63) is 95.9 Å². The van der Waals surface area contributed by atoms with Crippen LogP contribution < -0.4 is 0 Å². The number of hydrogen-bond acceptors (Lipinski definition) is 4. The van der Waals surface area contributed by atoms with Gasteiger partial charge in [-0.05, 0) is 66.7 Å². The molecule has 0 radical (unpaired) electrons. The molecule has 6 heteroatoms. The van der Waals surface area contributed by atoms with E-state index in [2.05, 4.69) is 48.4 Å². The molecule has 0 N–H and O–H groups in total. The molecule has 2 aliphatic carbocycles. The third-order valence-electron chi connectivity index (χ3n) is 8.72. The largest absolute Gasteiger partial charge is 0.445 e. The number of piperidine rings is 1. The minimum Gasteiger partial charge on any atom is -0.445 e. The number of amides is 2. The second-order valence-electron chi connectivity index (χ2n) is 11.3. The van der Waals surface area contributed by atoms with Gasteiger partial charge in [0.2, 0.25) is 0 Å². The average Bonchev–Trinajstić information content (AvgIpc) is 2.96. The van der Waals surface area contributed by atoms with E-state index in [1.54, 1.807) is 4.90 Å². The number of rotatable bonds is 6. The van der Waals surface area contributed by atoms with Gasteiger partial charge >= 0.3 is 6.09 Å². The number of likely N-dealkylation sites (tertiary alicyclic amines) is 1. The highest BCUT2D eigenvalue weighted by Gasteiger charge is 2.48. The van der Waals surface area contributed by atoms with Crippen LogP contribution in [0.3, 0.4) is 0 Å². The summed E-state index contributed by atoms with van der Waals surface area (Å²) in [7, 11) is 0. The van der Waals surface area contributed by atoms with E-state index in [-0.39, 0.29) is 28.7 Å². The molecule has 5 rings (SSSR count). The Labute approximate surface area is 232 Å². The molecule has 3 aliphatic rings. The molecule has 2 aromatic rings. The predicted octanol–water partition coefficient (Wildman–Crippen LogP) is 6.52. The van der Waals surface area contributed by atoms with E-state index < -0.39 is 0 Å². The van der Waals surface area contributed by atoms with Crippen LogP contribution in [0.5, 0.6) is 0 Å². The van der Waals surface area contributed by atoms with Crippen molar-refractivity contribution in [2.75, 3.05) is 26.2 Å². The average molecular weight is 526 g/mol. The maximum absolute atomic E-state index is 12.8. The minimum atomic E-state index is -0.240. The van der Waals surface area contributed by atoms with Crippen molar-refractivity contribution in [2.45, 2.75) is 46.6 Å². The summed E-state index contributed by atoms with van der Waals surface area (Å²) in [5.41, 5.74) is 3.77. The number of fused-ring (bicyclic) bond motifs is 1. The molecule has 1 aromatic heterocycles. The molecule has 1 saturated heterocycles. The molecule has 0 bridgehead atoms. The first-order valence-corrected chi connectivity index (χ1v) is 14.2. The zero-order valence-electron chi connectivity index (χ0n) is 23.3. The number of aromatic nitrogens is 1. The zero-order valence-corrected chi connectivity index (χ0v) is 23.3. The van der Waals surface area contributed by atoms with E-state index in [0.29, 0.717) is 38.5 Å². The second-order valence-corrected chi connectivity index (χ2v) is 11.3. The van der Waals surface area contributed by atoms with Gasteiger partial charge in [-0.25, -0.2) is 4.79 Å². The summed E-state index contributed by atoms with van der Waals surface area (Å²) in [6.07, 6.45) is 15.8. The minimum absolute atomic E-state index is 0.0119. The Morgan fingerprint density at radius 1 is 1.05 bits per heavy atom. The van der Waals surface area contributed by atoms with Crippen LogP contribution in [0.25, 0.3) is 5.57 Å². The number of benzene rings is 1. The molecule has 2 atom stereocenters. The van der Waals surface area contributed by atoms with Crippen molar-refractivity contribution >= 4 is 17.6 Å². The van der Waals surface area contributed by atoms with Gasteiger partial charge in [0, 0.05) is 38.3 Å². The lowest BCUT2D eigenvalue weighted by Crippen LogP contribution is -2.47. The van der Waals surface area contributed by atoms with Crippen LogP contribution in [0.2, 0.25) is 0 Å². The Morgan fingerprint density at radius 2 is 1.79 bits per heavy atom. The van der Waals surface area contributed by atoms with Crippen molar-refractivity contribution < 1.29 is 14.3 Å². The third-order valence-corrected chi connectivity index (χ3v) is 8.72.